The molecular weight excluding hydrogens is 1110 g/mol. The van der Waals surface area contributed by atoms with Crippen molar-refractivity contribution >= 4 is 44.1 Å². The fourth-order valence-electron chi connectivity index (χ4n) is 11.7. The van der Waals surface area contributed by atoms with Gasteiger partial charge in [-0.05, 0) is 184 Å². The fourth-order valence-corrected chi connectivity index (χ4v) is 11.7. The van der Waals surface area contributed by atoms with Crippen LogP contribution in [0.15, 0.2) is 97.1 Å². The van der Waals surface area contributed by atoms with Crippen molar-refractivity contribution in [1.29, 1.82) is 0 Å². The Kier molecular flexibility index (Phi) is 15.7. The van der Waals surface area contributed by atoms with Gasteiger partial charge in [0.15, 0.2) is 34.5 Å². The summed E-state index contributed by atoms with van der Waals surface area (Å²) in [5.74, 6) is 5.12. The SMILES string of the molecule is CCC(C)Oc1cc2c(cc1OC(C)CC)-c1nc-2nc2[n-]c(nc3nc(nc4[n-]c(n1)c1cc5c(cc41)C1c4ccccc4C5c4ccccc41)-c1cc(OC(C)CC)c(OC(C)CC)cc1-3)c1cc(OC(C)CC)c(OC(C)CC)cc21.[Zn+2]. The van der Waals surface area contributed by atoms with Gasteiger partial charge in [0, 0.05) is 56.7 Å². The van der Waals surface area contributed by atoms with Crippen molar-refractivity contribution in [2.45, 2.75) is 170 Å². The Labute approximate surface area is 509 Å². The van der Waals surface area contributed by atoms with Gasteiger partial charge < -0.3 is 58.3 Å². The largest absolute Gasteiger partial charge is 2.00 e. The van der Waals surface area contributed by atoms with Crippen molar-refractivity contribution in [2.24, 2.45) is 0 Å². The van der Waals surface area contributed by atoms with E-state index >= 15 is 0 Å². The van der Waals surface area contributed by atoms with Crippen LogP contribution in [0.5, 0.6) is 34.5 Å². The average Bonchev–Trinajstić information content (AvgIpc) is 1.45. The maximum Gasteiger partial charge on any atom is 2.00 e. The van der Waals surface area contributed by atoms with E-state index in [9.17, 15) is 0 Å². The van der Waals surface area contributed by atoms with E-state index in [1.165, 1.54) is 33.4 Å². The predicted octanol–water partition coefficient (Wildman–Crippen LogP) is 16.2. The van der Waals surface area contributed by atoms with Crippen LogP contribution in [0.3, 0.4) is 0 Å². The molecule has 5 heterocycles. The van der Waals surface area contributed by atoms with Gasteiger partial charge in [-0.3, -0.25) is 0 Å². The fraction of sp³-hybridized carbons (Fsp3) is 0.371. The molecule has 2 aliphatic heterocycles. The first kappa shape index (κ1) is 57.5. The summed E-state index contributed by atoms with van der Waals surface area (Å²) in [4.78, 5) is 43.5. The molecule has 0 amide bonds. The standard InChI is InChI=1S/C70H72N8O6.Zn/c1-13-35(7)79-55-29-49-51(31-57(55)81-37(9)15-3)67-74-65(49)72-63-47-27-45-46(62-43-25-21-19-23-41(43)61(45)42-24-20-22-26-44(42)62)28-48(47)64(71-63)73-66-50-30-56(80-36(8)14-2)58(82-38(10)16-4)32-52(50)68(75-66)77-70-54-34-60(84-40(12)18-6)59(83-39(11)17-5)33-53(54)69(76-67)78-70;/h19-40,61-62H,13-18H2,1-12H3;/q-2;+2. The minimum atomic E-state index is -0.110. The van der Waals surface area contributed by atoms with Gasteiger partial charge in [0.2, 0.25) is 0 Å². The van der Waals surface area contributed by atoms with Crippen LogP contribution < -0.4 is 38.4 Å². The van der Waals surface area contributed by atoms with Gasteiger partial charge >= 0.3 is 19.5 Å². The van der Waals surface area contributed by atoms with Crippen LogP contribution in [0.25, 0.3) is 89.7 Å². The topological polar surface area (TPSA) is 161 Å². The molecule has 6 atom stereocenters. The Balaban J connectivity index is 0.00000709. The monoisotopic (exact) mass is 1180 g/mol. The van der Waals surface area contributed by atoms with Crippen LogP contribution >= 0.6 is 0 Å². The Morgan fingerprint density at radius 2 is 0.541 bits per heavy atom. The summed E-state index contributed by atoms with van der Waals surface area (Å²) in [5, 5.41) is 3.06. The van der Waals surface area contributed by atoms with Crippen LogP contribution in [-0.4, -0.2) is 66.5 Å². The molecule has 6 aromatic carbocycles. The molecule has 14 rings (SSSR count). The average molecular weight is 1190 g/mol. The molecule has 0 spiro atoms. The normalized spacial score (nSPS) is 16.4. The zero-order chi connectivity index (χ0) is 58.2. The van der Waals surface area contributed by atoms with Crippen molar-refractivity contribution in [3.8, 4) is 80.0 Å². The molecule has 14 nitrogen and oxygen atoms in total. The predicted molar refractivity (Wildman–Crippen MR) is 331 cm³/mol. The summed E-state index contributed by atoms with van der Waals surface area (Å²) >= 11 is 0. The molecule has 3 aromatic heterocycles. The third-order valence-corrected chi connectivity index (χ3v) is 17.4. The first-order chi connectivity index (χ1) is 40.8. The number of fused-ring (bicyclic) bond motifs is 20. The van der Waals surface area contributed by atoms with Crippen LogP contribution in [0.1, 0.15) is 167 Å². The van der Waals surface area contributed by atoms with Crippen LogP contribution in [0.2, 0.25) is 0 Å². The number of rotatable bonds is 18. The number of benzene rings is 6. The van der Waals surface area contributed by atoms with Gasteiger partial charge in [-0.1, -0.05) is 90.1 Å². The molecule has 5 aliphatic rings. The zero-order valence-corrected chi connectivity index (χ0v) is 53.8. The van der Waals surface area contributed by atoms with Crippen LogP contribution in [0, 0.1) is 0 Å². The van der Waals surface area contributed by atoms with Crippen molar-refractivity contribution in [3.63, 3.8) is 0 Å². The molecule has 0 saturated carbocycles. The minimum absolute atomic E-state index is 0. The number of hydrogen-bond donors (Lipinski definition) is 0. The van der Waals surface area contributed by atoms with Crippen molar-refractivity contribution in [3.05, 3.63) is 130 Å². The molecule has 3 aliphatic carbocycles. The van der Waals surface area contributed by atoms with Gasteiger partial charge in [-0.25, -0.2) is 9.97 Å². The number of aromatic nitrogens is 8. The van der Waals surface area contributed by atoms with Gasteiger partial charge in [0.05, 0.1) is 59.9 Å². The van der Waals surface area contributed by atoms with Crippen molar-refractivity contribution < 1.29 is 47.9 Å². The Bertz CT molecular complexity index is 3940. The number of hydrogen-bond acceptors (Lipinski definition) is 12. The van der Waals surface area contributed by atoms with Gasteiger partial charge in [-0.15, -0.1) is 0 Å². The molecule has 430 valence electrons. The molecule has 6 unspecified atom stereocenters. The molecule has 0 saturated heterocycles. The Morgan fingerprint density at radius 3 is 0.776 bits per heavy atom. The molecule has 10 bridgehead atoms. The molecule has 15 heteroatoms. The zero-order valence-electron chi connectivity index (χ0n) is 50.8. The summed E-state index contributed by atoms with van der Waals surface area (Å²) in [6.07, 6.45) is 4.08. The smallest absolute Gasteiger partial charge is 0.487 e. The van der Waals surface area contributed by atoms with E-state index < -0.39 is 0 Å². The first-order valence-electron chi connectivity index (χ1n) is 30.4. The Morgan fingerprint density at radius 1 is 0.318 bits per heavy atom. The van der Waals surface area contributed by atoms with Gasteiger partial charge in [-0.2, -0.15) is 0 Å². The van der Waals surface area contributed by atoms with E-state index in [4.69, 9.17) is 68.3 Å². The summed E-state index contributed by atoms with van der Waals surface area (Å²) in [6.45, 7) is 25.0. The summed E-state index contributed by atoms with van der Waals surface area (Å²) in [7, 11) is 0. The first-order valence-corrected chi connectivity index (χ1v) is 30.4. The molecular formula is C70H72N8O6Zn. The third-order valence-electron chi connectivity index (χ3n) is 17.4. The maximum absolute atomic E-state index is 6.70. The summed E-state index contributed by atoms with van der Waals surface area (Å²) < 4.78 is 40.2. The second-order valence-corrected chi connectivity index (χ2v) is 23.2. The van der Waals surface area contributed by atoms with E-state index in [2.05, 4.69) is 144 Å². The van der Waals surface area contributed by atoms with Crippen LogP contribution in [-0.2, 0) is 19.5 Å². The van der Waals surface area contributed by atoms with E-state index in [0.29, 0.717) is 113 Å². The number of ether oxygens (including phenoxy) is 6. The summed E-state index contributed by atoms with van der Waals surface area (Å²) in [5.41, 5.74) is 12.2. The molecule has 9 aromatic rings. The quantitative estimate of drug-likeness (QED) is 0.0746. The van der Waals surface area contributed by atoms with Crippen LogP contribution in [0.4, 0.5) is 0 Å². The Hall–Kier alpha value is -7.90. The molecule has 0 radical (unpaired) electrons. The van der Waals surface area contributed by atoms with Gasteiger partial charge in [0.1, 0.15) is 0 Å². The molecule has 0 N–H and O–H groups in total. The third kappa shape index (κ3) is 10.2. The second kappa shape index (κ2) is 23.2. The molecule has 85 heavy (non-hydrogen) atoms. The van der Waals surface area contributed by atoms with Crippen molar-refractivity contribution in [2.75, 3.05) is 0 Å². The van der Waals surface area contributed by atoms with Gasteiger partial charge in [0.25, 0.3) is 0 Å². The van der Waals surface area contributed by atoms with E-state index in [-0.39, 0.29) is 67.9 Å². The minimum Gasteiger partial charge on any atom is -0.487 e. The number of nitrogens with zero attached hydrogens (tertiary/aromatic N) is 8. The second-order valence-electron chi connectivity index (χ2n) is 23.2. The molecule has 0 fully saturated rings. The van der Waals surface area contributed by atoms with E-state index in [0.717, 1.165) is 49.3 Å². The summed E-state index contributed by atoms with van der Waals surface area (Å²) in [6, 6.07) is 34.2. The van der Waals surface area contributed by atoms with E-state index in [1.807, 2.05) is 36.4 Å². The van der Waals surface area contributed by atoms with E-state index in [1.54, 1.807) is 0 Å². The maximum atomic E-state index is 6.70. The van der Waals surface area contributed by atoms with Crippen molar-refractivity contribution in [1.82, 2.24) is 39.9 Å².